The molecule has 1 aromatic heterocycles. The molecule has 0 saturated carbocycles. The van der Waals surface area contributed by atoms with E-state index in [-0.39, 0.29) is 5.56 Å². The van der Waals surface area contributed by atoms with E-state index in [9.17, 15) is 20.1 Å². The lowest BCUT2D eigenvalue weighted by atomic mass is 10.1. The molecule has 1 aliphatic heterocycles. The maximum atomic E-state index is 11.0. The predicted molar refractivity (Wildman–Crippen MR) is 57.6 cm³/mol. The van der Waals surface area contributed by atoms with E-state index in [0.29, 0.717) is 0 Å². The van der Waals surface area contributed by atoms with E-state index in [1.807, 2.05) is 0 Å². The summed E-state index contributed by atoms with van der Waals surface area (Å²) in [6, 6.07) is 1.27. The maximum absolute atomic E-state index is 11.0. The van der Waals surface area contributed by atoms with Gasteiger partial charge in [0.2, 0.25) is 5.88 Å². The summed E-state index contributed by atoms with van der Waals surface area (Å²) in [7, 11) is 0. The topological polar surface area (TPSA) is 138 Å². The Balaban J connectivity index is 2.30. The van der Waals surface area contributed by atoms with Crippen LogP contribution in [-0.4, -0.2) is 55.8 Å². The molecule has 1 aromatic rings. The second-order valence-corrected chi connectivity index (χ2v) is 4.05. The number of nitrogens with two attached hydrogens (primary N) is 1. The van der Waals surface area contributed by atoms with Gasteiger partial charge in [0.25, 0.3) is 5.91 Å². The number of hydrogen-bond acceptors (Lipinski definition) is 6. The number of rotatable bonds is 3. The SMILES string of the molecule is NC(=O)c1ccn([C@@H]2O[C@H](CO)[C@@H](O)[C@H]2O)c1O. The molecular formula is C10H14N2O6. The molecule has 0 aliphatic carbocycles. The Morgan fingerprint density at radius 3 is 2.56 bits per heavy atom. The van der Waals surface area contributed by atoms with E-state index in [0.717, 1.165) is 4.57 Å². The molecule has 0 aromatic carbocycles. The molecule has 8 heteroatoms. The lowest BCUT2D eigenvalue weighted by Crippen LogP contribution is -2.33. The molecule has 0 radical (unpaired) electrons. The summed E-state index contributed by atoms with van der Waals surface area (Å²) in [5.41, 5.74) is 4.92. The van der Waals surface area contributed by atoms with Crippen molar-refractivity contribution in [1.29, 1.82) is 0 Å². The van der Waals surface area contributed by atoms with Gasteiger partial charge in [-0.3, -0.25) is 9.36 Å². The van der Waals surface area contributed by atoms with Crippen molar-refractivity contribution >= 4 is 5.91 Å². The number of aliphatic hydroxyl groups excluding tert-OH is 3. The van der Waals surface area contributed by atoms with Crippen LogP contribution >= 0.6 is 0 Å². The normalized spacial score (nSPS) is 31.7. The van der Waals surface area contributed by atoms with Gasteiger partial charge >= 0.3 is 0 Å². The van der Waals surface area contributed by atoms with Crippen LogP contribution in [0.25, 0.3) is 0 Å². The molecule has 18 heavy (non-hydrogen) atoms. The average molecular weight is 258 g/mol. The van der Waals surface area contributed by atoms with Crippen LogP contribution in [0.5, 0.6) is 5.88 Å². The van der Waals surface area contributed by atoms with Gasteiger partial charge in [-0.1, -0.05) is 0 Å². The van der Waals surface area contributed by atoms with Crippen LogP contribution in [0, 0.1) is 0 Å². The number of aromatic hydroxyl groups is 1. The highest BCUT2D eigenvalue weighted by atomic mass is 16.6. The summed E-state index contributed by atoms with van der Waals surface area (Å²) in [4.78, 5) is 11.0. The molecule has 2 rings (SSSR count). The molecule has 4 atom stereocenters. The highest BCUT2D eigenvalue weighted by Crippen LogP contribution is 2.33. The van der Waals surface area contributed by atoms with Crippen LogP contribution in [0.4, 0.5) is 0 Å². The number of nitrogens with zero attached hydrogens (tertiary/aromatic N) is 1. The zero-order valence-corrected chi connectivity index (χ0v) is 9.30. The van der Waals surface area contributed by atoms with Gasteiger partial charge in [-0.2, -0.15) is 0 Å². The van der Waals surface area contributed by atoms with Gasteiger partial charge in [0.05, 0.1) is 6.61 Å². The first-order valence-corrected chi connectivity index (χ1v) is 5.29. The lowest BCUT2D eigenvalue weighted by molar-refractivity contribution is -0.0551. The molecule has 2 heterocycles. The second kappa shape index (κ2) is 4.58. The quantitative estimate of drug-likeness (QED) is 0.421. The van der Waals surface area contributed by atoms with E-state index in [1.54, 1.807) is 0 Å². The lowest BCUT2D eigenvalue weighted by Gasteiger charge is -2.17. The minimum atomic E-state index is -1.33. The number of aromatic nitrogens is 1. The fourth-order valence-corrected chi connectivity index (χ4v) is 1.95. The molecule has 100 valence electrons. The van der Waals surface area contributed by atoms with Crippen LogP contribution in [0.3, 0.4) is 0 Å². The van der Waals surface area contributed by atoms with Crippen molar-refractivity contribution in [3.05, 3.63) is 17.8 Å². The Bertz CT molecular complexity index is 459. The van der Waals surface area contributed by atoms with Crippen molar-refractivity contribution in [2.24, 2.45) is 5.73 Å². The van der Waals surface area contributed by atoms with Crippen LogP contribution in [-0.2, 0) is 4.74 Å². The Hall–Kier alpha value is -1.61. The zero-order valence-electron chi connectivity index (χ0n) is 9.30. The van der Waals surface area contributed by atoms with E-state index in [1.165, 1.54) is 12.3 Å². The van der Waals surface area contributed by atoms with Crippen LogP contribution in [0.1, 0.15) is 16.6 Å². The summed E-state index contributed by atoms with van der Waals surface area (Å²) >= 11 is 0. The Morgan fingerprint density at radius 1 is 1.44 bits per heavy atom. The number of carbonyl (C=O) groups excluding carboxylic acids is 1. The van der Waals surface area contributed by atoms with Gasteiger partial charge in [0.15, 0.2) is 6.23 Å². The fraction of sp³-hybridized carbons (Fsp3) is 0.500. The highest BCUT2D eigenvalue weighted by molar-refractivity contribution is 5.95. The number of primary amides is 1. The smallest absolute Gasteiger partial charge is 0.254 e. The summed E-state index contributed by atoms with van der Waals surface area (Å²) in [5, 5.41) is 38.0. The predicted octanol–water partition coefficient (Wildman–Crippen LogP) is -2.10. The molecule has 8 nitrogen and oxygen atoms in total. The van der Waals surface area contributed by atoms with E-state index >= 15 is 0 Å². The van der Waals surface area contributed by atoms with Gasteiger partial charge < -0.3 is 30.9 Å². The zero-order chi connectivity index (χ0) is 13.4. The van der Waals surface area contributed by atoms with Gasteiger partial charge in [-0.05, 0) is 6.07 Å². The van der Waals surface area contributed by atoms with Crippen molar-refractivity contribution in [3.63, 3.8) is 0 Å². The third-order valence-electron chi connectivity index (χ3n) is 2.94. The molecule has 0 bridgehead atoms. The summed E-state index contributed by atoms with van der Waals surface area (Å²) in [6.45, 7) is -0.473. The van der Waals surface area contributed by atoms with Gasteiger partial charge in [-0.25, -0.2) is 0 Å². The Labute approximate surface area is 102 Å². The van der Waals surface area contributed by atoms with Crippen LogP contribution in [0.15, 0.2) is 12.3 Å². The standard InChI is InChI=1S/C10H14N2O6/c11-8(16)4-1-2-12(9(4)17)10-7(15)6(14)5(3-13)18-10/h1-2,5-7,10,13-15,17H,3H2,(H2,11,16)/t5-,6-,7-,10-/m1/s1. The van der Waals surface area contributed by atoms with Crippen molar-refractivity contribution in [3.8, 4) is 5.88 Å². The number of hydrogen-bond donors (Lipinski definition) is 5. The molecule has 1 fully saturated rings. The molecule has 1 aliphatic rings. The van der Waals surface area contributed by atoms with Crippen molar-refractivity contribution in [2.45, 2.75) is 24.5 Å². The first-order chi connectivity index (χ1) is 8.47. The van der Waals surface area contributed by atoms with Gasteiger partial charge in [0.1, 0.15) is 23.9 Å². The Kier molecular flexibility index (Phi) is 3.26. The third kappa shape index (κ3) is 1.85. The second-order valence-electron chi connectivity index (χ2n) is 4.05. The largest absolute Gasteiger partial charge is 0.494 e. The molecule has 1 saturated heterocycles. The monoisotopic (exact) mass is 258 g/mol. The van der Waals surface area contributed by atoms with Crippen LogP contribution in [0.2, 0.25) is 0 Å². The molecule has 0 unspecified atom stereocenters. The first-order valence-electron chi connectivity index (χ1n) is 5.29. The van der Waals surface area contributed by atoms with Crippen molar-refractivity contribution < 1.29 is 30.0 Å². The molecular weight excluding hydrogens is 244 g/mol. The van der Waals surface area contributed by atoms with E-state index < -0.39 is 42.9 Å². The maximum Gasteiger partial charge on any atom is 0.254 e. The van der Waals surface area contributed by atoms with Gasteiger partial charge in [0, 0.05) is 6.20 Å². The summed E-state index contributed by atoms with van der Waals surface area (Å²) in [6.07, 6.45) is -3.36. The first kappa shape index (κ1) is 12.8. The highest BCUT2D eigenvalue weighted by Gasteiger charge is 2.44. The number of ether oxygens (including phenoxy) is 1. The van der Waals surface area contributed by atoms with Crippen LogP contribution < -0.4 is 5.73 Å². The van der Waals surface area contributed by atoms with Gasteiger partial charge in [-0.15, -0.1) is 0 Å². The molecule has 0 spiro atoms. The summed E-state index contributed by atoms with van der Waals surface area (Å²) < 4.78 is 6.27. The fourth-order valence-electron chi connectivity index (χ4n) is 1.95. The molecule has 1 amide bonds. The third-order valence-corrected chi connectivity index (χ3v) is 2.94. The average Bonchev–Trinajstić information content (AvgIpc) is 2.82. The summed E-state index contributed by atoms with van der Waals surface area (Å²) in [5.74, 6) is -1.28. The van der Waals surface area contributed by atoms with Crippen molar-refractivity contribution in [1.82, 2.24) is 4.57 Å². The number of carbonyl (C=O) groups is 1. The molecule has 6 N–H and O–H groups in total. The minimum Gasteiger partial charge on any atom is -0.494 e. The van der Waals surface area contributed by atoms with E-state index in [4.69, 9.17) is 15.6 Å². The minimum absolute atomic E-state index is 0.118. The number of amides is 1. The van der Waals surface area contributed by atoms with E-state index in [2.05, 4.69) is 0 Å². The van der Waals surface area contributed by atoms with Crippen molar-refractivity contribution in [2.75, 3.05) is 6.61 Å². The Morgan fingerprint density at radius 2 is 2.11 bits per heavy atom. The number of aliphatic hydroxyl groups is 3.